The molecule has 1 heterocycles. The third-order valence-corrected chi connectivity index (χ3v) is 3.26. The number of thiol groups is 1. The van der Waals surface area contributed by atoms with E-state index in [0.29, 0.717) is 16.5 Å². The second kappa shape index (κ2) is 5.93. The fourth-order valence-corrected chi connectivity index (χ4v) is 2.18. The van der Waals surface area contributed by atoms with Gasteiger partial charge in [-0.05, 0) is 19.4 Å². The number of hydrogen-bond acceptors (Lipinski definition) is 5. The van der Waals surface area contributed by atoms with Crippen molar-refractivity contribution in [2.75, 3.05) is 17.2 Å². The van der Waals surface area contributed by atoms with Gasteiger partial charge in [0.15, 0.2) is 5.82 Å². The maximum Gasteiger partial charge on any atom is 0.157 e. The molecule has 2 N–H and O–H groups in total. The minimum Gasteiger partial charge on any atom is -0.394 e. The first-order chi connectivity index (χ1) is 9.11. The van der Waals surface area contributed by atoms with Crippen molar-refractivity contribution in [3.8, 4) is 0 Å². The van der Waals surface area contributed by atoms with Crippen molar-refractivity contribution < 1.29 is 0 Å². The first-order valence-electron chi connectivity index (χ1n) is 6.23. The third kappa shape index (κ3) is 3.17. The molecule has 0 atom stereocenters. The molecule has 0 amide bonds. The maximum atomic E-state index is 6.04. The molecule has 0 aliphatic heterocycles. The van der Waals surface area contributed by atoms with Crippen LogP contribution in [-0.2, 0) is 6.54 Å². The van der Waals surface area contributed by atoms with Gasteiger partial charge in [0.05, 0.1) is 0 Å². The lowest BCUT2D eigenvalue weighted by Gasteiger charge is -2.24. The Hall–Kier alpha value is -1.75. The highest BCUT2D eigenvalue weighted by molar-refractivity contribution is 7.80. The van der Waals surface area contributed by atoms with E-state index in [0.717, 1.165) is 18.9 Å². The Kier molecular flexibility index (Phi) is 4.27. The topological polar surface area (TPSA) is 55.0 Å². The smallest absolute Gasteiger partial charge is 0.157 e. The van der Waals surface area contributed by atoms with E-state index < -0.39 is 0 Å². The number of aryl methyl sites for hydroxylation is 1. The van der Waals surface area contributed by atoms with Crippen LogP contribution in [0.4, 0.5) is 11.5 Å². The predicted molar refractivity (Wildman–Crippen MR) is 81.6 cm³/mol. The minimum atomic E-state index is 0.534. The Bertz CT molecular complexity index is 557. The summed E-state index contributed by atoms with van der Waals surface area (Å²) < 4.78 is 0. The minimum absolute atomic E-state index is 0.534. The van der Waals surface area contributed by atoms with E-state index in [2.05, 4.69) is 46.6 Å². The molecule has 2 rings (SSSR count). The standard InChI is InChI=1S/C14H18N4S/c1-3-18(9-11-7-5-4-6-8-11)13-12(15)14(19)17-10(2)16-13/h4-8H,3,9,15H2,1-2H3,(H,16,17,19). The third-order valence-electron chi connectivity index (χ3n) is 2.91. The molecule has 5 heteroatoms. The molecule has 4 nitrogen and oxygen atoms in total. The van der Waals surface area contributed by atoms with Gasteiger partial charge in [-0.3, -0.25) is 0 Å². The van der Waals surface area contributed by atoms with Crippen LogP contribution in [0.2, 0.25) is 0 Å². The van der Waals surface area contributed by atoms with Gasteiger partial charge >= 0.3 is 0 Å². The van der Waals surface area contributed by atoms with Crippen molar-refractivity contribution in [2.45, 2.75) is 25.4 Å². The summed E-state index contributed by atoms with van der Waals surface area (Å²) in [6, 6.07) is 10.3. The molecule has 0 fully saturated rings. The number of aromatic nitrogens is 2. The molecule has 0 aliphatic rings. The van der Waals surface area contributed by atoms with Crippen LogP contribution in [0.25, 0.3) is 0 Å². The molecular weight excluding hydrogens is 256 g/mol. The van der Waals surface area contributed by atoms with Crippen LogP contribution >= 0.6 is 12.6 Å². The van der Waals surface area contributed by atoms with Crippen LogP contribution < -0.4 is 10.6 Å². The first kappa shape index (κ1) is 13.7. The molecular formula is C14H18N4S. The molecule has 0 unspecified atom stereocenters. The Morgan fingerprint density at radius 3 is 2.53 bits per heavy atom. The van der Waals surface area contributed by atoms with Crippen LogP contribution in [0, 0.1) is 6.92 Å². The molecule has 0 saturated carbocycles. The van der Waals surface area contributed by atoms with Crippen molar-refractivity contribution in [1.82, 2.24) is 9.97 Å². The highest BCUT2D eigenvalue weighted by Gasteiger charge is 2.14. The Morgan fingerprint density at radius 1 is 1.21 bits per heavy atom. The highest BCUT2D eigenvalue weighted by Crippen LogP contribution is 2.26. The van der Waals surface area contributed by atoms with Gasteiger partial charge in [-0.25, -0.2) is 9.97 Å². The quantitative estimate of drug-likeness (QED) is 0.665. The average Bonchev–Trinajstić information content (AvgIpc) is 2.41. The van der Waals surface area contributed by atoms with E-state index >= 15 is 0 Å². The zero-order chi connectivity index (χ0) is 13.8. The molecule has 1 aromatic heterocycles. The summed E-state index contributed by atoms with van der Waals surface area (Å²) in [5.41, 5.74) is 7.80. The lowest BCUT2D eigenvalue weighted by atomic mass is 10.2. The van der Waals surface area contributed by atoms with E-state index in [-0.39, 0.29) is 0 Å². The van der Waals surface area contributed by atoms with Crippen LogP contribution in [0.1, 0.15) is 18.3 Å². The number of benzene rings is 1. The average molecular weight is 274 g/mol. The number of anilines is 2. The van der Waals surface area contributed by atoms with Crippen LogP contribution in [-0.4, -0.2) is 16.5 Å². The highest BCUT2D eigenvalue weighted by atomic mass is 32.1. The molecule has 2 aromatic rings. The summed E-state index contributed by atoms with van der Waals surface area (Å²) in [5.74, 6) is 1.43. The van der Waals surface area contributed by atoms with E-state index in [1.807, 2.05) is 25.1 Å². The van der Waals surface area contributed by atoms with Crippen LogP contribution in [0.15, 0.2) is 35.4 Å². The maximum absolute atomic E-state index is 6.04. The van der Waals surface area contributed by atoms with Crippen molar-refractivity contribution in [3.63, 3.8) is 0 Å². The summed E-state index contributed by atoms with van der Waals surface area (Å²) in [6.45, 7) is 5.52. The lowest BCUT2D eigenvalue weighted by molar-refractivity contribution is 0.799. The van der Waals surface area contributed by atoms with Gasteiger partial charge in [-0.2, -0.15) is 0 Å². The summed E-state index contributed by atoms with van der Waals surface area (Å²) in [5, 5.41) is 0.536. The molecule has 0 saturated heterocycles. The first-order valence-corrected chi connectivity index (χ1v) is 6.68. The normalized spacial score (nSPS) is 10.5. The largest absolute Gasteiger partial charge is 0.394 e. The fraction of sp³-hybridized carbons (Fsp3) is 0.286. The summed E-state index contributed by atoms with van der Waals surface area (Å²) >= 11 is 4.29. The van der Waals surface area contributed by atoms with E-state index in [1.165, 1.54) is 5.56 Å². The van der Waals surface area contributed by atoms with E-state index in [4.69, 9.17) is 5.73 Å². The number of nitrogen functional groups attached to an aromatic ring is 1. The summed E-state index contributed by atoms with van der Waals surface area (Å²) in [6.07, 6.45) is 0. The van der Waals surface area contributed by atoms with Gasteiger partial charge in [0.25, 0.3) is 0 Å². The zero-order valence-corrected chi connectivity index (χ0v) is 12.1. The number of nitrogens with two attached hydrogens (primary N) is 1. The van der Waals surface area contributed by atoms with Gasteiger partial charge in [-0.15, -0.1) is 12.6 Å². The van der Waals surface area contributed by atoms with Gasteiger partial charge < -0.3 is 10.6 Å². The number of hydrogen-bond donors (Lipinski definition) is 2. The number of nitrogens with zero attached hydrogens (tertiary/aromatic N) is 3. The monoisotopic (exact) mass is 274 g/mol. The van der Waals surface area contributed by atoms with Gasteiger partial charge in [0, 0.05) is 13.1 Å². The van der Waals surface area contributed by atoms with Crippen LogP contribution in [0.5, 0.6) is 0 Å². The van der Waals surface area contributed by atoms with Gasteiger partial charge in [-0.1, -0.05) is 30.3 Å². The lowest BCUT2D eigenvalue weighted by Crippen LogP contribution is -2.25. The van der Waals surface area contributed by atoms with Crippen molar-refractivity contribution >= 4 is 24.1 Å². The molecule has 100 valence electrons. The van der Waals surface area contributed by atoms with Crippen molar-refractivity contribution in [2.24, 2.45) is 0 Å². The molecule has 0 spiro atoms. The van der Waals surface area contributed by atoms with E-state index in [1.54, 1.807) is 0 Å². The molecule has 0 aliphatic carbocycles. The SMILES string of the molecule is CCN(Cc1ccccc1)c1nc(C)nc(S)c1N. The van der Waals surface area contributed by atoms with Crippen molar-refractivity contribution in [1.29, 1.82) is 0 Å². The second-order valence-electron chi connectivity index (χ2n) is 4.33. The Morgan fingerprint density at radius 2 is 1.89 bits per heavy atom. The van der Waals surface area contributed by atoms with Gasteiger partial charge in [0.1, 0.15) is 16.5 Å². The molecule has 1 aromatic carbocycles. The van der Waals surface area contributed by atoms with E-state index in [9.17, 15) is 0 Å². The second-order valence-corrected chi connectivity index (χ2v) is 4.76. The molecule has 19 heavy (non-hydrogen) atoms. The molecule has 0 radical (unpaired) electrons. The summed E-state index contributed by atoms with van der Waals surface area (Å²) in [4.78, 5) is 10.7. The van der Waals surface area contributed by atoms with Crippen LogP contribution in [0.3, 0.4) is 0 Å². The predicted octanol–water partition coefficient (Wildman–Crippen LogP) is 2.68. The van der Waals surface area contributed by atoms with Crippen molar-refractivity contribution in [3.05, 3.63) is 41.7 Å². The van der Waals surface area contributed by atoms with Gasteiger partial charge in [0.2, 0.25) is 0 Å². The Balaban J connectivity index is 2.32. The Labute approximate surface area is 119 Å². The number of rotatable bonds is 4. The zero-order valence-electron chi connectivity index (χ0n) is 11.2. The summed E-state index contributed by atoms with van der Waals surface area (Å²) in [7, 11) is 0. The molecule has 0 bridgehead atoms. The fourth-order valence-electron chi connectivity index (χ4n) is 1.93.